The van der Waals surface area contributed by atoms with E-state index < -0.39 is 17.5 Å². The predicted molar refractivity (Wildman–Crippen MR) is 114 cm³/mol. The van der Waals surface area contributed by atoms with E-state index >= 15 is 0 Å². The smallest absolute Gasteiger partial charge is 0.340 e. The maximum absolute atomic E-state index is 12.8. The highest BCUT2D eigenvalue weighted by molar-refractivity contribution is 5.97. The van der Waals surface area contributed by atoms with Gasteiger partial charge in [-0.05, 0) is 30.3 Å². The first-order chi connectivity index (χ1) is 15.9. The number of phenols is 1. The van der Waals surface area contributed by atoms with Gasteiger partial charge < -0.3 is 19.3 Å². The first-order valence-corrected chi connectivity index (χ1v) is 10.1. The summed E-state index contributed by atoms with van der Waals surface area (Å²) in [5.74, 6) is -0.366. The molecule has 5 rings (SSSR count). The number of fused-ring (bicyclic) bond motifs is 6. The zero-order valence-corrected chi connectivity index (χ0v) is 17.1. The lowest BCUT2D eigenvalue weighted by Crippen LogP contribution is -2.33. The Bertz CT molecular complexity index is 1320. The summed E-state index contributed by atoms with van der Waals surface area (Å²) in [5, 5.41) is 26.5. The molecule has 9 nitrogen and oxygen atoms in total. The van der Waals surface area contributed by atoms with Gasteiger partial charge in [0, 0.05) is 41.7 Å². The minimum Gasteiger partial charge on any atom is -0.508 e. The van der Waals surface area contributed by atoms with Crippen molar-refractivity contribution in [3.63, 3.8) is 0 Å². The minimum atomic E-state index is -1.27. The number of benzene rings is 3. The van der Waals surface area contributed by atoms with E-state index in [1.165, 1.54) is 17.6 Å². The number of esters is 1. The van der Waals surface area contributed by atoms with Gasteiger partial charge in [0.2, 0.25) is 5.91 Å². The van der Waals surface area contributed by atoms with Crippen LogP contribution >= 0.6 is 0 Å². The standard InChI is InChI=1S/C24H18N2O7/c25-21(9-10-22(28)26-30)31-14-6-8-18-20(12-14)32-19-11-13(27)5-7-17(19)24(18)16-4-2-1-3-15(16)23(29)33-24/h1-8,11-12,25,27,30H,9-10H2,(H,26,28). The Balaban J connectivity index is 1.58. The van der Waals surface area contributed by atoms with E-state index in [1.807, 2.05) is 12.1 Å². The number of hydrogen-bond acceptors (Lipinski definition) is 8. The third kappa shape index (κ3) is 3.26. The van der Waals surface area contributed by atoms with E-state index in [0.717, 1.165) is 0 Å². The number of aromatic hydroxyl groups is 1. The molecule has 2 aliphatic heterocycles. The van der Waals surface area contributed by atoms with Crippen LogP contribution in [-0.4, -0.2) is 28.1 Å². The van der Waals surface area contributed by atoms with E-state index in [1.54, 1.807) is 36.4 Å². The van der Waals surface area contributed by atoms with Crippen molar-refractivity contribution in [1.82, 2.24) is 5.48 Å². The lowest BCUT2D eigenvalue weighted by atomic mass is 9.77. The van der Waals surface area contributed by atoms with Gasteiger partial charge in [-0.1, -0.05) is 18.2 Å². The number of carbonyl (C=O) groups excluding carboxylic acids is 2. The number of phenolic OH excluding ortho intramolecular Hbond substituents is 1. The molecule has 1 amide bonds. The van der Waals surface area contributed by atoms with Crippen LogP contribution in [0, 0.1) is 5.41 Å². The molecule has 2 heterocycles. The average Bonchev–Trinajstić information content (AvgIpc) is 3.10. The summed E-state index contributed by atoms with van der Waals surface area (Å²) < 4.78 is 17.5. The molecule has 4 N–H and O–H groups in total. The zero-order valence-electron chi connectivity index (χ0n) is 17.1. The van der Waals surface area contributed by atoms with Gasteiger partial charge in [0.1, 0.15) is 23.0 Å². The number of nitrogens with one attached hydrogen (secondary N) is 2. The second kappa shape index (κ2) is 7.64. The molecule has 9 heteroatoms. The molecule has 3 aromatic rings. The summed E-state index contributed by atoms with van der Waals surface area (Å²) in [5.41, 5.74) is 2.47. The Morgan fingerprint density at radius 3 is 2.52 bits per heavy atom. The predicted octanol–water partition coefficient (Wildman–Crippen LogP) is 3.60. The van der Waals surface area contributed by atoms with Crippen molar-refractivity contribution in [2.24, 2.45) is 0 Å². The highest BCUT2D eigenvalue weighted by Crippen LogP contribution is 2.56. The van der Waals surface area contributed by atoms with Crippen LogP contribution < -0.4 is 15.0 Å². The Hall–Kier alpha value is -4.37. The zero-order chi connectivity index (χ0) is 23.2. The maximum Gasteiger partial charge on any atom is 0.340 e. The average molecular weight is 446 g/mol. The SMILES string of the molecule is N=C(CCC(=O)NO)Oc1ccc2c(c1)Oc1cc(O)ccc1C21OC(=O)c2ccccc21. The van der Waals surface area contributed by atoms with Gasteiger partial charge in [-0.3, -0.25) is 15.4 Å². The molecule has 2 aliphatic rings. The quantitative estimate of drug-likeness (QED) is 0.158. The number of hydrogen-bond donors (Lipinski definition) is 4. The van der Waals surface area contributed by atoms with E-state index in [-0.39, 0.29) is 30.2 Å². The fraction of sp³-hybridized carbons (Fsp3) is 0.125. The van der Waals surface area contributed by atoms with Crippen molar-refractivity contribution in [3.8, 4) is 23.0 Å². The molecule has 0 bridgehead atoms. The van der Waals surface area contributed by atoms with Crippen LogP contribution in [-0.2, 0) is 15.1 Å². The molecule has 166 valence electrons. The van der Waals surface area contributed by atoms with Gasteiger partial charge >= 0.3 is 5.97 Å². The number of ether oxygens (including phenoxy) is 3. The molecule has 33 heavy (non-hydrogen) atoms. The fourth-order valence-corrected chi connectivity index (χ4v) is 4.18. The molecule has 0 radical (unpaired) electrons. The summed E-state index contributed by atoms with van der Waals surface area (Å²) in [6.45, 7) is 0. The molecular weight excluding hydrogens is 428 g/mol. The summed E-state index contributed by atoms with van der Waals surface area (Å²) in [7, 11) is 0. The first-order valence-electron chi connectivity index (χ1n) is 10.1. The topological polar surface area (TPSA) is 138 Å². The van der Waals surface area contributed by atoms with E-state index in [4.69, 9.17) is 24.8 Å². The van der Waals surface area contributed by atoms with Gasteiger partial charge in [-0.15, -0.1) is 0 Å². The van der Waals surface area contributed by atoms with Crippen molar-refractivity contribution < 1.29 is 34.1 Å². The van der Waals surface area contributed by atoms with Crippen molar-refractivity contribution in [3.05, 3.63) is 82.9 Å². The summed E-state index contributed by atoms with van der Waals surface area (Å²) in [6, 6.07) is 16.6. The molecular formula is C24H18N2O7. The van der Waals surface area contributed by atoms with Crippen molar-refractivity contribution in [1.29, 1.82) is 5.41 Å². The minimum absolute atomic E-state index is 0.0127. The van der Waals surface area contributed by atoms with Crippen LogP contribution in [0.4, 0.5) is 0 Å². The van der Waals surface area contributed by atoms with Crippen LogP contribution in [0.3, 0.4) is 0 Å². The third-order valence-electron chi connectivity index (χ3n) is 5.61. The number of rotatable bonds is 4. The maximum atomic E-state index is 12.8. The number of amides is 1. The largest absolute Gasteiger partial charge is 0.508 e. The lowest BCUT2D eigenvalue weighted by molar-refractivity contribution is -0.129. The molecule has 0 aromatic heterocycles. The van der Waals surface area contributed by atoms with Crippen molar-refractivity contribution in [2.75, 3.05) is 0 Å². The molecule has 0 saturated heterocycles. The van der Waals surface area contributed by atoms with E-state index in [2.05, 4.69) is 0 Å². The number of carbonyl (C=O) groups is 2. The molecule has 0 fully saturated rings. The summed E-state index contributed by atoms with van der Waals surface area (Å²) in [6.07, 6.45) is -0.130. The Morgan fingerprint density at radius 1 is 1.00 bits per heavy atom. The van der Waals surface area contributed by atoms with Gasteiger partial charge in [0.25, 0.3) is 0 Å². The van der Waals surface area contributed by atoms with Crippen molar-refractivity contribution >= 4 is 17.8 Å². The van der Waals surface area contributed by atoms with Crippen LogP contribution in [0.1, 0.15) is 39.9 Å². The second-order valence-electron chi connectivity index (χ2n) is 7.62. The fourth-order valence-electron chi connectivity index (χ4n) is 4.18. The molecule has 1 atom stereocenters. The second-order valence-corrected chi connectivity index (χ2v) is 7.62. The molecule has 0 aliphatic carbocycles. The van der Waals surface area contributed by atoms with Gasteiger partial charge in [-0.25, -0.2) is 10.3 Å². The van der Waals surface area contributed by atoms with Crippen LogP contribution in [0.25, 0.3) is 0 Å². The molecule has 1 unspecified atom stereocenters. The Labute approximate surface area is 187 Å². The highest BCUT2D eigenvalue weighted by Gasteiger charge is 2.53. The molecule has 0 saturated carbocycles. The third-order valence-corrected chi connectivity index (χ3v) is 5.61. The van der Waals surface area contributed by atoms with Crippen LogP contribution in [0.2, 0.25) is 0 Å². The highest BCUT2D eigenvalue weighted by atomic mass is 16.6. The lowest BCUT2D eigenvalue weighted by Gasteiger charge is -2.36. The molecule has 1 spiro atoms. The Kier molecular flexibility index (Phi) is 4.75. The van der Waals surface area contributed by atoms with Crippen LogP contribution in [0.15, 0.2) is 60.7 Å². The van der Waals surface area contributed by atoms with Gasteiger partial charge in [-0.2, -0.15) is 0 Å². The normalized spacial score (nSPS) is 17.3. The van der Waals surface area contributed by atoms with E-state index in [9.17, 15) is 14.7 Å². The Morgan fingerprint density at radius 2 is 1.73 bits per heavy atom. The molecule has 3 aromatic carbocycles. The summed E-state index contributed by atoms with van der Waals surface area (Å²) in [4.78, 5) is 24.0. The van der Waals surface area contributed by atoms with Gasteiger partial charge in [0.05, 0.1) is 5.56 Å². The monoisotopic (exact) mass is 446 g/mol. The summed E-state index contributed by atoms with van der Waals surface area (Å²) >= 11 is 0. The number of hydroxylamine groups is 1. The van der Waals surface area contributed by atoms with Crippen LogP contribution in [0.5, 0.6) is 23.0 Å². The van der Waals surface area contributed by atoms with Crippen molar-refractivity contribution in [2.45, 2.75) is 18.4 Å². The van der Waals surface area contributed by atoms with E-state index in [0.29, 0.717) is 33.8 Å². The first kappa shape index (κ1) is 20.5. The van der Waals surface area contributed by atoms with Gasteiger partial charge in [0.15, 0.2) is 11.5 Å².